The Labute approximate surface area is 288 Å². The Morgan fingerprint density at radius 2 is 1.80 bits per heavy atom. The van der Waals surface area contributed by atoms with Crippen molar-refractivity contribution >= 4 is 29.3 Å². The Balaban J connectivity index is 1.23. The maximum Gasteiger partial charge on any atom is 0.408 e. The number of hydrogen-bond donors (Lipinski definition) is 3. The number of methoxy groups -OCH3 is 1. The minimum atomic E-state index is -1.39. The minimum absolute atomic E-state index is 0.0139. The standard InChI is InChI=1S/C38H50N2O9/c1-21(39-33(45)49-34(2,3)4)31(44)40-24-12-9-22(10-13-24)32-47-29-18-27-26-14-11-23-17-25(42)15-16-35(23,5)37(26,7)30(46-8)19-36(27,6)38(29,48-32)28(43)20-41/h9-10,12-13,15-17,21,26-27,29-30,32,41H,11,14,18-20H2,1-8H3,(H,39,45)(H,40,44)/t21-,26-,27-,29+,30-,32+,35-,36-,37+,38+/m0/s1. The lowest BCUT2D eigenvalue weighted by atomic mass is 9.39. The third kappa shape index (κ3) is 5.39. The van der Waals surface area contributed by atoms with E-state index >= 15 is 0 Å². The molecule has 1 heterocycles. The monoisotopic (exact) mass is 678 g/mol. The van der Waals surface area contributed by atoms with Gasteiger partial charge in [-0.25, -0.2) is 4.79 Å². The van der Waals surface area contributed by atoms with Gasteiger partial charge < -0.3 is 34.7 Å². The van der Waals surface area contributed by atoms with Crippen molar-refractivity contribution in [3.05, 3.63) is 53.6 Å². The number of amides is 2. The molecule has 1 aliphatic heterocycles. The van der Waals surface area contributed by atoms with Gasteiger partial charge in [0.25, 0.3) is 0 Å². The number of hydrogen-bond acceptors (Lipinski definition) is 9. The highest BCUT2D eigenvalue weighted by Crippen LogP contribution is 2.74. The molecular formula is C38H50N2O9. The lowest BCUT2D eigenvalue weighted by molar-refractivity contribution is -0.228. The Bertz CT molecular complexity index is 1600. The fraction of sp³-hybridized carbons (Fsp3) is 0.632. The van der Waals surface area contributed by atoms with Crippen LogP contribution in [0.4, 0.5) is 10.5 Å². The van der Waals surface area contributed by atoms with Gasteiger partial charge in [0, 0.05) is 34.6 Å². The fourth-order valence-corrected chi connectivity index (χ4v) is 9.97. The molecule has 0 unspecified atom stereocenters. The summed E-state index contributed by atoms with van der Waals surface area (Å²) in [5.74, 6) is -0.612. The lowest BCUT2D eigenvalue weighted by Crippen LogP contribution is -2.67. The molecule has 10 atom stereocenters. The van der Waals surface area contributed by atoms with Gasteiger partial charge in [-0.3, -0.25) is 14.4 Å². The van der Waals surface area contributed by atoms with Gasteiger partial charge in [0.1, 0.15) is 18.2 Å². The van der Waals surface area contributed by atoms with Crippen molar-refractivity contribution in [3.63, 3.8) is 0 Å². The first-order chi connectivity index (χ1) is 22.9. The molecule has 1 saturated heterocycles. The Hall–Kier alpha value is -3.38. The van der Waals surface area contributed by atoms with Crippen LogP contribution in [0.5, 0.6) is 0 Å². The summed E-state index contributed by atoms with van der Waals surface area (Å²) in [7, 11) is 1.71. The van der Waals surface area contributed by atoms with Crippen molar-refractivity contribution < 1.29 is 43.2 Å². The summed E-state index contributed by atoms with van der Waals surface area (Å²) < 4.78 is 24.9. The molecule has 0 radical (unpaired) electrons. The highest BCUT2D eigenvalue weighted by Gasteiger charge is 2.78. The zero-order valence-corrected chi connectivity index (χ0v) is 29.8. The van der Waals surface area contributed by atoms with E-state index in [4.69, 9.17) is 18.9 Å². The zero-order valence-electron chi connectivity index (χ0n) is 29.8. The van der Waals surface area contributed by atoms with Crippen LogP contribution in [-0.4, -0.2) is 71.8 Å². The van der Waals surface area contributed by atoms with E-state index in [1.165, 1.54) is 0 Å². The number of Topliss-reactive ketones (excluding diaryl/α,β-unsaturated/α-hetero) is 1. The molecule has 49 heavy (non-hydrogen) atoms. The molecule has 6 rings (SSSR count). The minimum Gasteiger partial charge on any atom is -0.444 e. The predicted molar refractivity (Wildman–Crippen MR) is 180 cm³/mol. The summed E-state index contributed by atoms with van der Waals surface area (Å²) in [6.07, 6.45) is 5.86. The fourth-order valence-electron chi connectivity index (χ4n) is 9.97. The Morgan fingerprint density at radius 1 is 1.10 bits per heavy atom. The van der Waals surface area contributed by atoms with Gasteiger partial charge in [-0.15, -0.1) is 0 Å². The van der Waals surface area contributed by atoms with E-state index in [2.05, 4.69) is 37.5 Å². The van der Waals surface area contributed by atoms with E-state index in [1.807, 2.05) is 0 Å². The molecule has 0 spiro atoms. The molecule has 1 aromatic rings. The van der Waals surface area contributed by atoms with E-state index in [1.54, 1.807) is 71.2 Å². The lowest BCUT2D eigenvalue weighted by Gasteiger charge is -2.66. The topological polar surface area (TPSA) is 149 Å². The molecule has 5 aliphatic rings. The van der Waals surface area contributed by atoms with Gasteiger partial charge in [-0.2, -0.15) is 0 Å². The number of carbonyl (C=O) groups excluding carboxylic acids is 4. The van der Waals surface area contributed by atoms with E-state index in [0.717, 1.165) is 18.4 Å². The van der Waals surface area contributed by atoms with E-state index < -0.39 is 59.4 Å². The third-order valence-electron chi connectivity index (χ3n) is 12.5. The molecule has 1 aromatic carbocycles. The maximum atomic E-state index is 14.0. The van der Waals surface area contributed by atoms with Crippen molar-refractivity contribution in [1.29, 1.82) is 0 Å². The zero-order chi connectivity index (χ0) is 35.7. The maximum absolute atomic E-state index is 14.0. The molecule has 3 saturated carbocycles. The van der Waals surface area contributed by atoms with Crippen LogP contribution in [-0.2, 0) is 33.3 Å². The first kappa shape index (κ1) is 35.4. The number of ketones is 2. The highest BCUT2D eigenvalue weighted by atomic mass is 16.7. The van der Waals surface area contributed by atoms with Gasteiger partial charge in [0.2, 0.25) is 5.91 Å². The number of benzene rings is 1. The summed E-state index contributed by atoms with van der Waals surface area (Å²) in [6.45, 7) is 12.7. The van der Waals surface area contributed by atoms with Crippen molar-refractivity contribution in [2.24, 2.45) is 28.1 Å². The second-order valence-electron chi connectivity index (χ2n) is 16.1. The molecule has 3 N–H and O–H groups in total. The van der Waals surface area contributed by atoms with Gasteiger partial charge in [0.05, 0.1) is 12.2 Å². The van der Waals surface area contributed by atoms with Crippen molar-refractivity contribution in [1.82, 2.24) is 5.32 Å². The average Bonchev–Trinajstić information content (AvgIpc) is 3.53. The Kier molecular flexibility index (Phi) is 8.78. The van der Waals surface area contributed by atoms with Crippen LogP contribution in [0.15, 0.2) is 48.1 Å². The molecule has 0 aromatic heterocycles. The summed E-state index contributed by atoms with van der Waals surface area (Å²) >= 11 is 0. The normalized spacial score (nSPS) is 38.3. The van der Waals surface area contributed by atoms with Crippen LogP contribution in [0.1, 0.15) is 86.0 Å². The first-order valence-electron chi connectivity index (χ1n) is 17.3. The molecule has 266 valence electrons. The number of rotatable bonds is 7. The average molecular weight is 679 g/mol. The quantitative estimate of drug-likeness (QED) is 0.354. The second-order valence-corrected chi connectivity index (χ2v) is 16.1. The van der Waals surface area contributed by atoms with Crippen LogP contribution in [0.3, 0.4) is 0 Å². The number of nitrogens with one attached hydrogen (secondary N) is 2. The summed E-state index contributed by atoms with van der Waals surface area (Å²) in [5, 5.41) is 15.7. The van der Waals surface area contributed by atoms with Crippen LogP contribution in [0.25, 0.3) is 0 Å². The summed E-state index contributed by atoms with van der Waals surface area (Å²) in [4.78, 5) is 51.2. The molecule has 4 fully saturated rings. The summed E-state index contributed by atoms with van der Waals surface area (Å²) in [5.41, 5.74) is -1.22. The van der Waals surface area contributed by atoms with E-state index in [9.17, 15) is 24.3 Å². The van der Waals surface area contributed by atoms with Gasteiger partial charge in [-0.05, 0) is 89.5 Å². The van der Waals surface area contributed by atoms with E-state index in [-0.39, 0.29) is 34.6 Å². The van der Waals surface area contributed by atoms with E-state index in [0.29, 0.717) is 24.1 Å². The largest absolute Gasteiger partial charge is 0.444 e. The first-order valence-corrected chi connectivity index (χ1v) is 17.3. The van der Waals surface area contributed by atoms with Crippen molar-refractivity contribution in [2.45, 2.75) is 110 Å². The molecule has 11 heteroatoms. The van der Waals surface area contributed by atoms with Crippen LogP contribution >= 0.6 is 0 Å². The molecule has 0 bridgehead atoms. The summed E-state index contributed by atoms with van der Waals surface area (Å²) in [6, 6.07) is 6.12. The van der Waals surface area contributed by atoms with Gasteiger partial charge >= 0.3 is 6.09 Å². The van der Waals surface area contributed by atoms with Crippen LogP contribution in [0, 0.1) is 28.1 Å². The van der Waals surface area contributed by atoms with Crippen molar-refractivity contribution in [3.8, 4) is 0 Å². The SMILES string of the molecule is CO[C@H]1C[C@@]2(C)[C@@H](C[C@H]3O[C@@H](c4ccc(NC(=O)[C@H](C)NC(=O)OC(C)(C)C)cc4)O[C@]32C(=O)CO)[C@@H]2CCC3=CC(=O)C=C[C@]3(C)[C@@]12C. The smallest absolute Gasteiger partial charge is 0.408 e. The second kappa shape index (κ2) is 12.1. The predicted octanol–water partition coefficient (Wildman–Crippen LogP) is 5.19. The Morgan fingerprint density at radius 3 is 2.43 bits per heavy atom. The number of fused-ring (bicyclic) bond motifs is 7. The molecule has 11 nitrogen and oxygen atoms in total. The number of alkyl carbamates (subject to hydrolysis) is 1. The van der Waals surface area contributed by atoms with Crippen molar-refractivity contribution in [2.75, 3.05) is 19.0 Å². The molecule has 2 amide bonds. The number of anilines is 1. The van der Waals surface area contributed by atoms with Crippen LogP contribution in [0.2, 0.25) is 0 Å². The van der Waals surface area contributed by atoms with Gasteiger partial charge in [0.15, 0.2) is 23.5 Å². The number of carbonyl (C=O) groups is 4. The molecule has 4 aliphatic carbocycles. The number of ether oxygens (including phenoxy) is 4. The number of allylic oxidation sites excluding steroid dienone is 4. The highest BCUT2D eigenvalue weighted by molar-refractivity contribution is 6.01. The third-order valence-corrected chi connectivity index (χ3v) is 12.5. The molecular weight excluding hydrogens is 628 g/mol. The van der Waals surface area contributed by atoms with Crippen LogP contribution < -0.4 is 10.6 Å². The van der Waals surface area contributed by atoms with Gasteiger partial charge in [-0.1, -0.05) is 44.6 Å². The number of aliphatic hydroxyl groups excluding tert-OH is 1. The number of aliphatic hydroxyl groups is 1.